The Kier molecular flexibility index (Phi) is 3.67. The topological polar surface area (TPSA) is 75.8 Å². The van der Waals surface area contributed by atoms with Crippen molar-refractivity contribution < 1.29 is 19.1 Å². The first kappa shape index (κ1) is 14.3. The number of aromatic nitrogens is 1. The van der Waals surface area contributed by atoms with Gasteiger partial charge < -0.3 is 19.2 Å². The summed E-state index contributed by atoms with van der Waals surface area (Å²) in [6.07, 6.45) is 0.150. The molecule has 0 spiro atoms. The second kappa shape index (κ2) is 5.13. The fourth-order valence-corrected chi connectivity index (χ4v) is 1.47. The molecular weight excluding hydrogens is 260 g/mol. The molecular formula is C14H18N2O4. The van der Waals surface area contributed by atoms with Gasteiger partial charge in [0, 0.05) is 5.54 Å². The van der Waals surface area contributed by atoms with E-state index in [1.54, 1.807) is 6.07 Å². The number of aromatic carboxylic acids is 1. The lowest BCUT2D eigenvalue weighted by Crippen LogP contribution is -2.43. The van der Waals surface area contributed by atoms with E-state index in [0.29, 0.717) is 17.7 Å². The van der Waals surface area contributed by atoms with Crippen LogP contribution in [0.5, 0.6) is 6.08 Å². The molecule has 0 aliphatic carbocycles. The molecule has 2 rings (SSSR count). The lowest BCUT2D eigenvalue weighted by molar-refractivity contribution is 0.0696. The predicted molar refractivity (Wildman–Crippen MR) is 74.2 cm³/mol. The molecule has 0 atom stereocenters. The van der Waals surface area contributed by atoms with Crippen LogP contribution in [0.4, 0.5) is 0 Å². The third-order valence-corrected chi connectivity index (χ3v) is 3.38. The molecule has 108 valence electrons. The molecule has 0 fully saturated rings. The zero-order chi connectivity index (χ0) is 14.9. The molecule has 0 saturated carbocycles. The summed E-state index contributed by atoms with van der Waals surface area (Å²) in [6.45, 7) is 4.50. The third kappa shape index (κ3) is 2.91. The first-order chi connectivity index (χ1) is 9.29. The molecule has 0 radical (unpaired) electrons. The molecule has 0 amide bonds. The quantitative estimate of drug-likeness (QED) is 0.904. The van der Waals surface area contributed by atoms with Gasteiger partial charge >= 0.3 is 12.0 Å². The lowest BCUT2D eigenvalue weighted by Gasteiger charge is -2.31. The Bertz CT molecular complexity index is 631. The first-order valence-corrected chi connectivity index (χ1v) is 6.24. The van der Waals surface area contributed by atoms with Gasteiger partial charge in [0.15, 0.2) is 5.58 Å². The normalized spacial score (nSPS) is 12.1. The highest BCUT2D eigenvalue weighted by Gasteiger charge is 2.22. The van der Waals surface area contributed by atoms with Gasteiger partial charge in [-0.05, 0) is 46.1 Å². The first-order valence-electron chi connectivity index (χ1n) is 6.24. The van der Waals surface area contributed by atoms with Crippen LogP contribution in [0.3, 0.4) is 0 Å². The smallest absolute Gasteiger partial charge is 0.394 e. The fraction of sp³-hybridized carbons (Fsp3) is 0.429. The van der Waals surface area contributed by atoms with Crippen molar-refractivity contribution in [3.05, 3.63) is 23.8 Å². The molecule has 0 saturated heterocycles. The number of oxazole rings is 1. The van der Waals surface area contributed by atoms with Crippen LogP contribution in [0.2, 0.25) is 0 Å². The van der Waals surface area contributed by atoms with Crippen LogP contribution < -0.4 is 4.74 Å². The second-order valence-electron chi connectivity index (χ2n) is 5.46. The minimum absolute atomic E-state index is 0.150. The Morgan fingerprint density at radius 2 is 2.15 bits per heavy atom. The monoisotopic (exact) mass is 278 g/mol. The van der Waals surface area contributed by atoms with Crippen LogP contribution in [0.15, 0.2) is 22.6 Å². The van der Waals surface area contributed by atoms with E-state index in [9.17, 15) is 4.79 Å². The van der Waals surface area contributed by atoms with Gasteiger partial charge in [-0.25, -0.2) is 4.79 Å². The number of likely N-dealkylation sites (N-methyl/N-ethyl adjacent to an activating group) is 1. The number of carbonyl (C=O) groups is 1. The standard InChI is InChI=1S/C14H18N2O4/c1-14(2,16(3)4)8-19-13-15-10-6-5-9(12(17)18)7-11(10)20-13/h5-7H,8H2,1-4H3,(H,17,18). The van der Waals surface area contributed by atoms with E-state index >= 15 is 0 Å². The van der Waals surface area contributed by atoms with E-state index in [1.165, 1.54) is 12.1 Å². The van der Waals surface area contributed by atoms with Crippen LogP contribution in [0.25, 0.3) is 11.1 Å². The molecule has 1 heterocycles. The van der Waals surface area contributed by atoms with E-state index in [4.69, 9.17) is 14.3 Å². The van der Waals surface area contributed by atoms with Crippen molar-refractivity contribution in [3.63, 3.8) is 0 Å². The Morgan fingerprint density at radius 3 is 2.75 bits per heavy atom. The van der Waals surface area contributed by atoms with Gasteiger partial charge in [0.2, 0.25) is 0 Å². The van der Waals surface area contributed by atoms with Gasteiger partial charge in [0.1, 0.15) is 12.1 Å². The number of nitrogens with zero attached hydrogens (tertiary/aromatic N) is 2. The molecule has 6 nitrogen and oxygen atoms in total. The van der Waals surface area contributed by atoms with E-state index in [2.05, 4.69) is 4.98 Å². The van der Waals surface area contributed by atoms with Crippen LogP contribution in [0, 0.1) is 0 Å². The highest BCUT2D eigenvalue weighted by atomic mass is 16.6. The second-order valence-corrected chi connectivity index (χ2v) is 5.46. The Hall–Kier alpha value is -2.08. The number of carboxylic acid groups (broad SMARTS) is 1. The molecule has 20 heavy (non-hydrogen) atoms. The maximum Gasteiger partial charge on any atom is 0.394 e. The van der Waals surface area contributed by atoms with Gasteiger partial charge in [-0.15, -0.1) is 0 Å². The molecule has 6 heteroatoms. The molecule has 1 N–H and O–H groups in total. The number of fused-ring (bicyclic) bond motifs is 1. The summed E-state index contributed by atoms with van der Waals surface area (Å²) in [7, 11) is 3.93. The minimum Gasteiger partial charge on any atom is -0.478 e. The fourth-order valence-electron chi connectivity index (χ4n) is 1.47. The van der Waals surface area contributed by atoms with E-state index in [1.807, 2.05) is 32.8 Å². The van der Waals surface area contributed by atoms with E-state index in [0.717, 1.165) is 0 Å². The minimum atomic E-state index is -1.00. The van der Waals surface area contributed by atoms with Gasteiger partial charge in [-0.2, -0.15) is 4.98 Å². The Labute approximate surface area is 117 Å². The van der Waals surface area contributed by atoms with Gasteiger partial charge in [-0.1, -0.05) is 0 Å². The van der Waals surface area contributed by atoms with Crippen molar-refractivity contribution in [2.75, 3.05) is 20.7 Å². The lowest BCUT2D eigenvalue weighted by atomic mass is 10.1. The van der Waals surface area contributed by atoms with Crippen molar-refractivity contribution in [3.8, 4) is 6.08 Å². The van der Waals surface area contributed by atoms with Crippen molar-refractivity contribution in [2.45, 2.75) is 19.4 Å². The Morgan fingerprint density at radius 1 is 1.45 bits per heavy atom. The molecule has 0 aliphatic rings. The zero-order valence-corrected chi connectivity index (χ0v) is 12.0. The SMILES string of the molecule is CN(C)C(C)(C)COc1nc2ccc(C(=O)O)cc2o1. The summed E-state index contributed by atoms with van der Waals surface area (Å²) < 4.78 is 11.0. The van der Waals surface area contributed by atoms with E-state index in [-0.39, 0.29) is 17.2 Å². The van der Waals surface area contributed by atoms with Gasteiger partial charge in [0.25, 0.3) is 0 Å². The van der Waals surface area contributed by atoms with Crippen LogP contribution in [0.1, 0.15) is 24.2 Å². The maximum absolute atomic E-state index is 10.9. The Balaban J connectivity index is 2.18. The highest BCUT2D eigenvalue weighted by Crippen LogP contribution is 2.23. The summed E-state index contributed by atoms with van der Waals surface area (Å²) >= 11 is 0. The number of hydrogen-bond acceptors (Lipinski definition) is 5. The van der Waals surface area contributed by atoms with E-state index < -0.39 is 5.97 Å². The average Bonchev–Trinajstić information content (AvgIpc) is 2.77. The van der Waals surface area contributed by atoms with Crippen molar-refractivity contribution in [1.29, 1.82) is 0 Å². The summed E-state index contributed by atoms with van der Waals surface area (Å²) in [5.41, 5.74) is 0.983. The van der Waals surface area contributed by atoms with Gasteiger partial charge in [-0.3, -0.25) is 0 Å². The summed E-state index contributed by atoms with van der Waals surface area (Å²) in [4.78, 5) is 17.1. The number of hydrogen-bond donors (Lipinski definition) is 1. The zero-order valence-electron chi connectivity index (χ0n) is 12.0. The number of ether oxygens (including phenoxy) is 1. The molecule has 2 aromatic rings. The highest BCUT2D eigenvalue weighted by molar-refractivity contribution is 5.91. The molecule has 0 unspecified atom stereocenters. The van der Waals surface area contributed by atoms with Crippen LogP contribution >= 0.6 is 0 Å². The van der Waals surface area contributed by atoms with Crippen LogP contribution in [-0.2, 0) is 0 Å². The van der Waals surface area contributed by atoms with Crippen LogP contribution in [-0.4, -0.2) is 47.2 Å². The molecule has 0 bridgehead atoms. The summed E-state index contributed by atoms with van der Waals surface area (Å²) in [6, 6.07) is 4.53. The average molecular weight is 278 g/mol. The summed E-state index contributed by atoms with van der Waals surface area (Å²) in [5, 5.41) is 8.92. The molecule has 1 aromatic heterocycles. The van der Waals surface area contributed by atoms with Crippen molar-refractivity contribution >= 4 is 17.1 Å². The summed E-state index contributed by atoms with van der Waals surface area (Å²) in [5.74, 6) is -1.00. The number of rotatable bonds is 5. The predicted octanol–water partition coefficient (Wildman–Crippen LogP) is 2.25. The number of carboxylic acids is 1. The van der Waals surface area contributed by atoms with Crippen molar-refractivity contribution in [2.24, 2.45) is 0 Å². The number of benzene rings is 1. The molecule has 0 aliphatic heterocycles. The molecule has 1 aromatic carbocycles. The third-order valence-electron chi connectivity index (χ3n) is 3.38. The maximum atomic E-state index is 10.9. The van der Waals surface area contributed by atoms with Crippen molar-refractivity contribution in [1.82, 2.24) is 9.88 Å². The van der Waals surface area contributed by atoms with Gasteiger partial charge in [0.05, 0.1) is 5.56 Å². The largest absolute Gasteiger partial charge is 0.478 e.